The monoisotopic (exact) mass is 283 g/mol. The van der Waals surface area contributed by atoms with Gasteiger partial charge in [0, 0.05) is 6.54 Å². The molecular formula is C15H14FN5. The van der Waals surface area contributed by atoms with Gasteiger partial charge < -0.3 is 5.32 Å². The number of benzene rings is 2. The molecule has 21 heavy (non-hydrogen) atoms. The molecule has 0 radical (unpaired) electrons. The normalized spacial score (nSPS) is 10.7. The van der Waals surface area contributed by atoms with Crippen LogP contribution in [0.3, 0.4) is 0 Å². The summed E-state index contributed by atoms with van der Waals surface area (Å²) in [5, 5.41) is 15.0. The summed E-state index contributed by atoms with van der Waals surface area (Å²) in [4.78, 5) is 0. The predicted octanol–water partition coefficient (Wildman–Crippen LogP) is 2.09. The van der Waals surface area contributed by atoms with E-state index in [1.54, 1.807) is 16.8 Å². The number of hydrogen-bond donors (Lipinski definition) is 1. The molecule has 3 aromatic rings. The molecule has 0 amide bonds. The van der Waals surface area contributed by atoms with Gasteiger partial charge >= 0.3 is 0 Å². The van der Waals surface area contributed by atoms with Gasteiger partial charge in [-0.15, -0.1) is 5.10 Å². The first-order valence-corrected chi connectivity index (χ1v) is 6.61. The lowest BCUT2D eigenvalue weighted by molar-refractivity contribution is 0.621. The summed E-state index contributed by atoms with van der Waals surface area (Å²) >= 11 is 0. The third-order valence-electron chi connectivity index (χ3n) is 3.06. The Morgan fingerprint density at radius 1 is 0.952 bits per heavy atom. The average Bonchev–Trinajstić information content (AvgIpc) is 2.99. The maximum Gasteiger partial charge on any atom is 0.170 e. The molecule has 1 N–H and O–H groups in total. The molecule has 0 unspecified atom stereocenters. The summed E-state index contributed by atoms with van der Waals surface area (Å²) in [7, 11) is 0. The van der Waals surface area contributed by atoms with Crippen molar-refractivity contribution in [3.8, 4) is 5.69 Å². The quantitative estimate of drug-likeness (QED) is 0.779. The highest BCUT2D eigenvalue weighted by Gasteiger charge is 2.07. The van der Waals surface area contributed by atoms with Crippen LogP contribution in [0.2, 0.25) is 0 Å². The van der Waals surface area contributed by atoms with Gasteiger partial charge in [-0.25, -0.2) is 4.39 Å². The van der Waals surface area contributed by atoms with Crippen molar-refractivity contribution in [1.29, 1.82) is 0 Å². The maximum absolute atomic E-state index is 12.8. The zero-order valence-electron chi connectivity index (χ0n) is 11.3. The Labute approximate surface area is 121 Å². The molecule has 0 atom stereocenters. The van der Waals surface area contributed by atoms with Crippen molar-refractivity contribution in [2.24, 2.45) is 0 Å². The van der Waals surface area contributed by atoms with Crippen LogP contribution in [-0.4, -0.2) is 20.2 Å². The van der Waals surface area contributed by atoms with Crippen LogP contribution in [0.15, 0.2) is 54.6 Å². The van der Waals surface area contributed by atoms with E-state index in [1.807, 2.05) is 30.3 Å². The minimum atomic E-state index is -0.230. The van der Waals surface area contributed by atoms with Gasteiger partial charge in [0.2, 0.25) is 0 Å². The number of halogens is 1. The van der Waals surface area contributed by atoms with E-state index in [-0.39, 0.29) is 5.82 Å². The van der Waals surface area contributed by atoms with E-state index in [2.05, 4.69) is 20.8 Å². The fourth-order valence-corrected chi connectivity index (χ4v) is 2.01. The minimum Gasteiger partial charge on any atom is -0.306 e. The molecule has 0 aliphatic rings. The molecule has 2 aromatic carbocycles. The molecule has 0 bridgehead atoms. The zero-order chi connectivity index (χ0) is 14.5. The van der Waals surface area contributed by atoms with E-state index >= 15 is 0 Å². The van der Waals surface area contributed by atoms with Gasteiger partial charge in [-0.05, 0) is 40.3 Å². The zero-order valence-corrected chi connectivity index (χ0v) is 11.3. The molecular weight excluding hydrogens is 269 g/mol. The third-order valence-corrected chi connectivity index (χ3v) is 3.06. The van der Waals surface area contributed by atoms with Crippen LogP contribution in [-0.2, 0) is 13.1 Å². The smallest absolute Gasteiger partial charge is 0.170 e. The molecule has 0 aliphatic carbocycles. The second-order valence-corrected chi connectivity index (χ2v) is 4.57. The van der Waals surface area contributed by atoms with Crippen molar-refractivity contribution in [1.82, 2.24) is 25.5 Å². The van der Waals surface area contributed by atoms with Crippen LogP contribution in [0.5, 0.6) is 0 Å². The summed E-state index contributed by atoms with van der Waals surface area (Å²) in [6.07, 6.45) is 0. The molecule has 0 fully saturated rings. The van der Waals surface area contributed by atoms with E-state index < -0.39 is 0 Å². The van der Waals surface area contributed by atoms with E-state index in [9.17, 15) is 4.39 Å². The minimum absolute atomic E-state index is 0.230. The van der Waals surface area contributed by atoms with Crippen LogP contribution < -0.4 is 5.32 Å². The molecule has 6 heteroatoms. The number of aromatic nitrogens is 4. The highest BCUT2D eigenvalue weighted by Crippen LogP contribution is 2.07. The Morgan fingerprint density at radius 2 is 1.71 bits per heavy atom. The van der Waals surface area contributed by atoms with Crippen molar-refractivity contribution in [3.63, 3.8) is 0 Å². The number of para-hydroxylation sites is 1. The topological polar surface area (TPSA) is 55.6 Å². The van der Waals surface area contributed by atoms with Crippen LogP contribution in [0.1, 0.15) is 11.4 Å². The summed E-state index contributed by atoms with van der Waals surface area (Å²) in [6.45, 7) is 1.15. The van der Waals surface area contributed by atoms with Gasteiger partial charge in [0.1, 0.15) is 5.82 Å². The summed E-state index contributed by atoms with van der Waals surface area (Å²) in [6, 6.07) is 16.1. The van der Waals surface area contributed by atoms with Gasteiger partial charge in [-0.1, -0.05) is 30.3 Å². The summed E-state index contributed by atoms with van der Waals surface area (Å²) in [5.74, 6) is 0.495. The van der Waals surface area contributed by atoms with E-state index in [1.165, 1.54) is 12.1 Å². The Bertz CT molecular complexity index is 694. The molecule has 3 rings (SSSR count). The molecule has 1 aromatic heterocycles. The number of nitrogens with one attached hydrogen (secondary N) is 1. The molecule has 5 nitrogen and oxygen atoms in total. The van der Waals surface area contributed by atoms with Crippen LogP contribution in [0.4, 0.5) is 4.39 Å². The Balaban J connectivity index is 1.64. The molecule has 0 saturated heterocycles. The largest absolute Gasteiger partial charge is 0.306 e. The fourth-order valence-electron chi connectivity index (χ4n) is 2.01. The SMILES string of the molecule is Fc1ccc(CNCc2nnnn2-c2ccccc2)cc1. The van der Waals surface area contributed by atoms with Crippen molar-refractivity contribution in [3.05, 3.63) is 71.8 Å². The number of hydrogen-bond acceptors (Lipinski definition) is 4. The highest BCUT2D eigenvalue weighted by atomic mass is 19.1. The van der Waals surface area contributed by atoms with Crippen molar-refractivity contribution >= 4 is 0 Å². The first-order valence-electron chi connectivity index (χ1n) is 6.61. The van der Waals surface area contributed by atoms with Crippen LogP contribution in [0.25, 0.3) is 5.69 Å². The van der Waals surface area contributed by atoms with Crippen molar-refractivity contribution in [2.45, 2.75) is 13.1 Å². The average molecular weight is 283 g/mol. The Kier molecular flexibility index (Phi) is 3.97. The second-order valence-electron chi connectivity index (χ2n) is 4.57. The number of tetrazole rings is 1. The first kappa shape index (κ1) is 13.4. The van der Waals surface area contributed by atoms with Gasteiger partial charge in [0.05, 0.1) is 12.2 Å². The van der Waals surface area contributed by atoms with Crippen molar-refractivity contribution < 1.29 is 4.39 Å². The number of rotatable bonds is 5. The molecule has 0 spiro atoms. The maximum atomic E-state index is 12.8. The number of nitrogens with zero attached hydrogens (tertiary/aromatic N) is 4. The predicted molar refractivity (Wildman–Crippen MR) is 76.1 cm³/mol. The van der Waals surface area contributed by atoms with E-state index in [4.69, 9.17) is 0 Å². The molecule has 0 aliphatic heterocycles. The Morgan fingerprint density at radius 3 is 2.48 bits per heavy atom. The fraction of sp³-hybridized carbons (Fsp3) is 0.133. The molecule has 1 heterocycles. The van der Waals surface area contributed by atoms with Crippen molar-refractivity contribution in [2.75, 3.05) is 0 Å². The highest BCUT2D eigenvalue weighted by molar-refractivity contribution is 5.30. The molecule has 106 valence electrons. The van der Waals surface area contributed by atoms with Gasteiger partial charge in [-0.2, -0.15) is 4.68 Å². The standard InChI is InChI=1S/C15H14FN5/c16-13-8-6-12(7-9-13)10-17-11-15-18-19-20-21(15)14-4-2-1-3-5-14/h1-9,17H,10-11H2. The van der Waals surface area contributed by atoms with E-state index in [0.29, 0.717) is 13.1 Å². The van der Waals surface area contributed by atoms with Crippen LogP contribution >= 0.6 is 0 Å². The Hall–Kier alpha value is -2.60. The van der Waals surface area contributed by atoms with Gasteiger partial charge in [-0.3, -0.25) is 0 Å². The lowest BCUT2D eigenvalue weighted by Crippen LogP contribution is -2.16. The summed E-state index contributed by atoms with van der Waals surface area (Å²) < 4.78 is 14.5. The third kappa shape index (κ3) is 3.29. The second kappa shape index (κ2) is 6.23. The van der Waals surface area contributed by atoms with Gasteiger partial charge in [0.25, 0.3) is 0 Å². The van der Waals surface area contributed by atoms with Crippen LogP contribution in [0, 0.1) is 5.82 Å². The lowest BCUT2D eigenvalue weighted by atomic mass is 10.2. The molecule has 0 saturated carbocycles. The van der Waals surface area contributed by atoms with Gasteiger partial charge in [0.15, 0.2) is 5.82 Å². The van der Waals surface area contributed by atoms with E-state index in [0.717, 1.165) is 17.1 Å². The summed E-state index contributed by atoms with van der Waals surface area (Å²) in [5.41, 5.74) is 1.93. The first-order chi connectivity index (χ1) is 10.3. The lowest BCUT2D eigenvalue weighted by Gasteiger charge is -2.06.